The van der Waals surface area contributed by atoms with Crippen LogP contribution >= 0.6 is 0 Å². The number of rotatable bonds is 4. The molecule has 1 N–H and O–H groups in total. The zero-order chi connectivity index (χ0) is 19.2. The van der Waals surface area contributed by atoms with Gasteiger partial charge in [0.2, 0.25) is 0 Å². The molecule has 1 heterocycles. The van der Waals surface area contributed by atoms with Crippen molar-refractivity contribution in [3.8, 4) is 11.8 Å². The van der Waals surface area contributed by atoms with Crippen LogP contribution < -0.4 is 15.0 Å². The van der Waals surface area contributed by atoms with Crippen LogP contribution in [-0.2, 0) is 0 Å². The third kappa shape index (κ3) is 4.70. The fourth-order valence-corrected chi connectivity index (χ4v) is 3.06. The second-order valence-corrected chi connectivity index (χ2v) is 6.73. The molecule has 140 valence electrons. The number of nitrogens with zero attached hydrogens (tertiary/aromatic N) is 3. The van der Waals surface area contributed by atoms with E-state index >= 15 is 0 Å². The molecule has 0 aliphatic carbocycles. The molecule has 0 radical (unpaired) electrons. The third-order valence-corrected chi connectivity index (χ3v) is 4.40. The maximum absolute atomic E-state index is 12.6. The zero-order valence-electron chi connectivity index (χ0n) is 15.7. The first kappa shape index (κ1) is 18.6. The van der Waals surface area contributed by atoms with Crippen molar-refractivity contribution in [2.75, 3.05) is 36.4 Å². The highest BCUT2D eigenvalue weighted by atomic mass is 16.5. The first-order valence-corrected chi connectivity index (χ1v) is 9.13. The van der Waals surface area contributed by atoms with Crippen LogP contribution in [0.15, 0.2) is 48.5 Å². The smallest absolute Gasteiger partial charge is 0.322 e. The number of carbonyl (C=O) groups excluding carboxylic acids is 1. The highest BCUT2D eigenvalue weighted by molar-refractivity contribution is 5.91. The van der Waals surface area contributed by atoms with Gasteiger partial charge in [0.1, 0.15) is 5.75 Å². The summed E-state index contributed by atoms with van der Waals surface area (Å²) in [6, 6.07) is 17.1. The van der Waals surface area contributed by atoms with Gasteiger partial charge in [-0.3, -0.25) is 0 Å². The van der Waals surface area contributed by atoms with Crippen LogP contribution in [0.25, 0.3) is 0 Å². The summed E-state index contributed by atoms with van der Waals surface area (Å²) >= 11 is 0. The summed E-state index contributed by atoms with van der Waals surface area (Å²) in [5.74, 6) is 0.674. The summed E-state index contributed by atoms with van der Waals surface area (Å²) < 4.78 is 5.76. The van der Waals surface area contributed by atoms with Gasteiger partial charge in [-0.2, -0.15) is 5.26 Å². The van der Waals surface area contributed by atoms with Gasteiger partial charge in [0.15, 0.2) is 0 Å². The van der Waals surface area contributed by atoms with Crippen LogP contribution in [0.3, 0.4) is 0 Å². The number of urea groups is 1. The molecule has 2 amide bonds. The number of anilines is 2. The molecule has 1 fully saturated rings. The van der Waals surface area contributed by atoms with Crippen LogP contribution in [0.5, 0.6) is 5.75 Å². The second kappa shape index (κ2) is 8.45. The van der Waals surface area contributed by atoms with Crippen molar-refractivity contribution in [1.82, 2.24) is 4.90 Å². The van der Waals surface area contributed by atoms with Crippen molar-refractivity contribution in [3.05, 3.63) is 54.1 Å². The highest BCUT2D eigenvalue weighted by Gasteiger charge is 2.22. The van der Waals surface area contributed by atoms with Gasteiger partial charge in [-0.25, -0.2) is 4.79 Å². The van der Waals surface area contributed by atoms with Gasteiger partial charge < -0.3 is 19.9 Å². The summed E-state index contributed by atoms with van der Waals surface area (Å²) in [6.07, 6.45) is 0.0378. The van der Waals surface area contributed by atoms with Gasteiger partial charge in [-0.05, 0) is 44.2 Å². The van der Waals surface area contributed by atoms with Crippen molar-refractivity contribution in [3.63, 3.8) is 0 Å². The van der Waals surface area contributed by atoms with Crippen LogP contribution in [0.1, 0.15) is 19.4 Å². The molecule has 2 aromatic carbocycles. The van der Waals surface area contributed by atoms with Crippen molar-refractivity contribution >= 4 is 17.4 Å². The van der Waals surface area contributed by atoms with E-state index in [0.29, 0.717) is 30.1 Å². The maximum atomic E-state index is 12.6. The van der Waals surface area contributed by atoms with Crippen molar-refractivity contribution in [1.29, 1.82) is 5.26 Å². The molecule has 0 saturated carbocycles. The molecule has 3 rings (SSSR count). The van der Waals surface area contributed by atoms with Gasteiger partial charge in [-0.15, -0.1) is 0 Å². The number of nitriles is 1. The van der Waals surface area contributed by atoms with E-state index in [-0.39, 0.29) is 12.1 Å². The first-order valence-electron chi connectivity index (χ1n) is 9.13. The Kier molecular flexibility index (Phi) is 5.82. The lowest BCUT2D eigenvalue weighted by molar-refractivity contribution is 0.207. The Bertz CT molecular complexity index is 836. The van der Waals surface area contributed by atoms with Crippen molar-refractivity contribution in [2.24, 2.45) is 0 Å². The van der Waals surface area contributed by atoms with Crippen LogP contribution in [0, 0.1) is 11.3 Å². The van der Waals surface area contributed by atoms with Gasteiger partial charge in [0.25, 0.3) is 0 Å². The number of piperazine rings is 1. The lowest BCUT2D eigenvalue weighted by Gasteiger charge is -2.36. The summed E-state index contributed by atoms with van der Waals surface area (Å²) in [6.45, 7) is 6.61. The molecule has 1 saturated heterocycles. The van der Waals surface area contributed by atoms with E-state index in [1.165, 1.54) is 0 Å². The van der Waals surface area contributed by atoms with Crippen LogP contribution in [-0.4, -0.2) is 43.2 Å². The molecular weight excluding hydrogens is 340 g/mol. The largest absolute Gasteiger partial charge is 0.489 e. The molecular formula is C21H24N4O2. The number of carbonyl (C=O) groups is 1. The fourth-order valence-electron chi connectivity index (χ4n) is 3.06. The molecule has 0 spiro atoms. The third-order valence-electron chi connectivity index (χ3n) is 4.40. The van der Waals surface area contributed by atoms with E-state index in [2.05, 4.69) is 16.3 Å². The minimum Gasteiger partial charge on any atom is -0.489 e. The number of ether oxygens (including phenoxy) is 1. The van der Waals surface area contributed by atoms with Crippen LogP contribution in [0.4, 0.5) is 16.2 Å². The average Bonchev–Trinajstić information content (AvgIpc) is 2.69. The van der Waals surface area contributed by atoms with E-state index in [1.807, 2.05) is 56.3 Å². The Morgan fingerprint density at radius 3 is 2.56 bits per heavy atom. The Balaban J connectivity index is 1.60. The Labute approximate surface area is 160 Å². The fraction of sp³-hybridized carbons (Fsp3) is 0.333. The van der Waals surface area contributed by atoms with Gasteiger partial charge in [0.05, 0.1) is 23.4 Å². The molecule has 2 aromatic rings. The molecule has 27 heavy (non-hydrogen) atoms. The topological polar surface area (TPSA) is 68.6 Å². The predicted octanol–water partition coefficient (Wildman–Crippen LogP) is 3.70. The lowest BCUT2D eigenvalue weighted by Crippen LogP contribution is -2.50. The monoisotopic (exact) mass is 364 g/mol. The van der Waals surface area contributed by atoms with Crippen LogP contribution in [0.2, 0.25) is 0 Å². The number of para-hydroxylation sites is 2. The molecule has 1 aliphatic rings. The summed E-state index contributed by atoms with van der Waals surface area (Å²) in [7, 11) is 0. The standard InChI is InChI=1S/C21H24N4O2/c1-16(2)27-20-9-4-3-8-19(20)23-21(26)25-12-10-24(11-13-25)18-7-5-6-17(14-18)15-22/h3-9,14,16H,10-13H2,1-2H3,(H,23,26). The summed E-state index contributed by atoms with van der Waals surface area (Å²) in [5, 5.41) is 12.0. The SMILES string of the molecule is CC(C)Oc1ccccc1NC(=O)N1CCN(c2cccc(C#N)c2)CC1. The second-order valence-electron chi connectivity index (χ2n) is 6.73. The van der Waals surface area contributed by atoms with Crippen molar-refractivity contribution in [2.45, 2.75) is 20.0 Å². The van der Waals surface area contributed by atoms with Gasteiger partial charge in [0, 0.05) is 31.9 Å². The quantitative estimate of drug-likeness (QED) is 0.898. The maximum Gasteiger partial charge on any atom is 0.322 e. The van der Waals surface area contributed by atoms with E-state index in [0.717, 1.165) is 18.8 Å². The number of nitrogens with one attached hydrogen (secondary N) is 1. The molecule has 1 aliphatic heterocycles. The average molecular weight is 364 g/mol. The van der Waals surface area contributed by atoms with Crippen molar-refractivity contribution < 1.29 is 9.53 Å². The summed E-state index contributed by atoms with van der Waals surface area (Å²) in [5.41, 5.74) is 2.35. The molecule has 0 bridgehead atoms. The normalized spacial score (nSPS) is 14.0. The van der Waals surface area contributed by atoms with Gasteiger partial charge in [-0.1, -0.05) is 18.2 Å². The van der Waals surface area contributed by atoms with Gasteiger partial charge >= 0.3 is 6.03 Å². The van der Waals surface area contributed by atoms with E-state index in [9.17, 15) is 4.79 Å². The number of amides is 2. The predicted molar refractivity (Wildman–Crippen MR) is 106 cm³/mol. The molecule has 6 nitrogen and oxygen atoms in total. The summed E-state index contributed by atoms with van der Waals surface area (Å²) in [4.78, 5) is 16.6. The number of hydrogen-bond acceptors (Lipinski definition) is 4. The minimum atomic E-state index is -0.125. The molecule has 6 heteroatoms. The number of benzene rings is 2. The molecule has 0 unspecified atom stereocenters. The Morgan fingerprint density at radius 1 is 1.11 bits per heavy atom. The zero-order valence-corrected chi connectivity index (χ0v) is 15.7. The highest BCUT2D eigenvalue weighted by Crippen LogP contribution is 2.25. The lowest BCUT2D eigenvalue weighted by atomic mass is 10.2. The Morgan fingerprint density at radius 2 is 1.85 bits per heavy atom. The minimum absolute atomic E-state index is 0.0378. The van der Waals surface area contributed by atoms with E-state index < -0.39 is 0 Å². The first-order chi connectivity index (χ1) is 13.1. The Hall–Kier alpha value is -3.20. The van der Waals surface area contributed by atoms with E-state index in [4.69, 9.17) is 10.00 Å². The molecule has 0 aromatic heterocycles. The molecule has 0 atom stereocenters. The number of hydrogen-bond donors (Lipinski definition) is 1. The van der Waals surface area contributed by atoms with E-state index in [1.54, 1.807) is 11.0 Å².